The van der Waals surface area contributed by atoms with Crippen molar-refractivity contribution in [3.8, 4) is 0 Å². The van der Waals surface area contributed by atoms with Crippen LogP contribution in [0, 0.1) is 17.3 Å². The maximum Gasteiger partial charge on any atom is 0.0201 e. The van der Waals surface area contributed by atoms with Crippen LogP contribution in [0.2, 0.25) is 0 Å². The summed E-state index contributed by atoms with van der Waals surface area (Å²) in [4.78, 5) is 0. The van der Waals surface area contributed by atoms with E-state index >= 15 is 0 Å². The van der Waals surface area contributed by atoms with Crippen LogP contribution < -0.4 is 0 Å². The molecule has 1 aliphatic carbocycles. The lowest BCUT2D eigenvalue weighted by molar-refractivity contribution is -0.0120. The van der Waals surface area contributed by atoms with Crippen molar-refractivity contribution >= 4 is 22.9 Å². The van der Waals surface area contributed by atoms with E-state index in [2.05, 4.69) is 39.8 Å². The van der Waals surface area contributed by atoms with Gasteiger partial charge in [0.15, 0.2) is 0 Å². The standard InChI is InChI=1S/C11H20IN/c1-9(2)10-7-11(8-10)3-5-13(12)6-4-11/h9-10H,3-8H2,1-2H3. The molecule has 1 nitrogen and oxygen atoms in total. The van der Waals surface area contributed by atoms with Crippen LogP contribution >= 0.6 is 22.9 Å². The monoisotopic (exact) mass is 293 g/mol. The molecule has 0 unspecified atom stereocenters. The Morgan fingerprint density at radius 1 is 1.23 bits per heavy atom. The molecule has 0 radical (unpaired) electrons. The molecular formula is C11H20IN. The highest BCUT2D eigenvalue weighted by Crippen LogP contribution is 2.55. The summed E-state index contributed by atoms with van der Waals surface area (Å²) in [6, 6.07) is 0. The largest absolute Gasteiger partial charge is 0.248 e. The van der Waals surface area contributed by atoms with Gasteiger partial charge < -0.3 is 0 Å². The van der Waals surface area contributed by atoms with Gasteiger partial charge in [0.2, 0.25) is 0 Å². The van der Waals surface area contributed by atoms with E-state index in [-0.39, 0.29) is 0 Å². The normalized spacial score (nSPS) is 29.5. The second kappa shape index (κ2) is 3.69. The Balaban J connectivity index is 1.83. The first-order valence-electron chi connectivity index (χ1n) is 5.52. The third-order valence-corrected chi connectivity index (χ3v) is 5.07. The smallest absolute Gasteiger partial charge is 0.0201 e. The zero-order valence-electron chi connectivity index (χ0n) is 8.72. The Labute approximate surface area is 95.8 Å². The van der Waals surface area contributed by atoms with Crippen molar-refractivity contribution in [3.05, 3.63) is 0 Å². The van der Waals surface area contributed by atoms with Gasteiger partial charge in [-0.15, -0.1) is 0 Å². The van der Waals surface area contributed by atoms with E-state index < -0.39 is 0 Å². The van der Waals surface area contributed by atoms with Crippen LogP contribution in [0.1, 0.15) is 39.5 Å². The van der Waals surface area contributed by atoms with Crippen LogP contribution in [0.15, 0.2) is 0 Å². The summed E-state index contributed by atoms with van der Waals surface area (Å²) in [6.45, 7) is 7.41. The van der Waals surface area contributed by atoms with Crippen molar-refractivity contribution in [1.82, 2.24) is 3.11 Å². The highest BCUT2D eigenvalue weighted by Gasteiger charge is 2.46. The number of rotatable bonds is 1. The maximum atomic E-state index is 2.47. The van der Waals surface area contributed by atoms with E-state index in [0.717, 1.165) is 17.3 Å². The van der Waals surface area contributed by atoms with Crippen molar-refractivity contribution in [2.75, 3.05) is 13.1 Å². The summed E-state index contributed by atoms with van der Waals surface area (Å²) in [5, 5.41) is 0. The molecule has 2 heteroatoms. The second-order valence-corrected chi connectivity index (χ2v) is 6.69. The number of piperidine rings is 1. The first-order chi connectivity index (χ1) is 6.11. The topological polar surface area (TPSA) is 3.24 Å². The lowest BCUT2D eigenvalue weighted by Gasteiger charge is -2.53. The third kappa shape index (κ3) is 2.04. The van der Waals surface area contributed by atoms with Gasteiger partial charge in [-0.1, -0.05) is 13.8 Å². The van der Waals surface area contributed by atoms with Gasteiger partial charge in [0.25, 0.3) is 0 Å². The molecule has 1 heterocycles. The van der Waals surface area contributed by atoms with E-state index in [9.17, 15) is 0 Å². The molecule has 0 aromatic rings. The number of nitrogens with zero attached hydrogens (tertiary/aromatic N) is 1. The lowest BCUT2D eigenvalue weighted by atomic mass is 9.55. The van der Waals surface area contributed by atoms with E-state index in [1.54, 1.807) is 0 Å². The molecule has 1 aliphatic heterocycles. The van der Waals surface area contributed by atoms with Crippen molar-refractivity contribution in [1.29, 1.82) is 0 Å². The summed E-state index contributed by atoms with van der Waals surface area (Å²) in [6.07, 6.45) is 5.96. The minimum absolute atomic E-state index is 0.788. The van der Waals surface area contributed by atoms with Crippen molar-refractivity contribution in [3.63, 3.8) is 0 Å². The van der Waals surface area contributed by atoms with Gasteiger partial charge in [0.1, 0.15) is 0 Å². The van der Waals surface area contributed by atoms with E-state index in [0.29, 0.717) is 0 Å². The second-order valence-electron chi connectivity index (χ2n) is 5.32. The molecule has 0 atom stereocenters. The predicted molar refractivity (Wildman–Crippen MR) is 64.8 cm³/mol. The first kappa shape index (κ1) is 10.2. The van der Waals surface area contributed by atoms with Gasteiger partial charge in [-0.2, -0.15) is 0 Å². The molecule has 2 aliphatic rings. The van der Waals surface area contributed by atoms with Crippen LogP contribution in [-0.4, -0.2) is 16.2 Å². The Bertz CT molecular complexity index is 175. The van der Waals surface area contributed by atoms with Gasteiger partial charge in [-0.25, -0.2) is 3.11 Å². The lowest BCUT2D eigenvalue weighted by Crippen LogP contribution is -2.46. The van der Waals surface area contributed by atoms with Gasteiger partial charge in [-0.3, -0.25) is 0 Å². The van der Waals surface area contributed by atoms with E-state index in [1.165, 1.54) is 38.8 Å². The fraction of sp³-hybridized carbons (Fsp3) is 1.00. The molecular weight excluding hydrogens is 273 g/mol. The van der Waals surface area contributed by atoms with Crippen molar-refractivity contribution in [2.45, 2.75) is 39.5 Å². The summed E-state index contributed by atoms with van der Waals surface area (Å²) in [5.74, 6) is 1.96. The SMILES string of the molecule is CC(C)C1CC2(CCN(I)CC2)C1. The average molecular weight is 293 g/mol. The van der Waals surface area contributed by atoms with Crippen LogP contribution in [0.3, 0.4) is 0 Å². The fourth-order valence-electron chi connectivity index (χ4n) is 2.89. The highest BCUT2D eigenvalue weighted by atomic mass is 127. The first-order valence-corrected chi connectivity index (χ1v) is 6.49. The zero-order chi connectivity index (χ0) is 9.47. The molecule has 13 heavy (non-hydrogen) atoms. The van der Waals surface area contributed by atoms with Crippen LogP contribution in [-0.2, 0) is 0 Å². The molecule has 2 rings (SSSR count). The summed E-state index contributed by atoms with van der Waals surface area (Å²) in [5.41, 5.74) is 0.788. The number of halogens is 1. The predicted octanol–water partition coefficient (Wildman–Crippen LogP) is 3.48. The number of hydrogen-bond donors (Lipinski definition) is 0. The van der Waals surface area contributed by atoms with Gasteiger partial charge in [0, 0.05) is 36.0 Å². The van der Waals surface area contributed by atoms with Crippen molar-refractivity contribution in [2.24, 2.45) is 17.3 Å². The van der Waals surface area contributed by atoms with Gasteiger partial charge in [0.05, 0.1) is 0 Å². The summed E-state index contributed by atoms with van der Waals surface area (Å²) < 4.78 is 2.45. The maximum absolute atomic E-state index is 2.47. The van der Waals surface area contributed by atoms with Gasteiger partial charge in [-0.05, 0) is 42.9 Å². The molecule has 0 bridgehead atoms. The average Bonchev–Trinajstić information content (AvgIpc) is 2.02. The summed E-state index contributed by atoms with van der Waals surface area (Å²) in [7, 11) is 0. The van der Waals surface area contributed by atoms with Gasteiger partial charge >= 0.3 is 0 Å². The highest BCUT2D eigenvalue weighted by molar-refractivity contribution is 14.1. The Morgan fingerprint density at radius 3 is 2.23 bits per heavy atom. The van der Waals surface area contributed by atoms with Crippen LogP contribution in [0.5, 0.6) is 0 Å². The minimum atomic E-state index is 0.788. The molecule has 0 amide bonds. The summed E-state index contributed by atoms with van der Waals surface area (Å²) >= 11 is 2.47. The molecule has 1 saturated heterocycles. The van der Waals surface area contributed by atoms with E-state index in [4.69, 9.17) is 0 Å². The van der Waals surface area contributed by atoms with Crippen LogP contribution in [0.25, 0.3) is 0 Å². The molecule has 76 valence electrons. The van der Waals surface area contributed by atoms with E-state index in [1.807, 2.05) is 0 Å². The zero-order valence-corrected chi connectivity index (χ0v) is 10.9. The minimum Gasteiger partial charge on any atom is -0.248 e. The van der Waals surface area contributed by atoms with Crippen molar-refractivity contribution < 1.29 is 0 Å². The Hall–Kier alpha value is 0.690. The molecule has 0 aromatic carbocycles. The van der Waals surface area contributed by atoms with Crippen LogP contribution in [0.4, 0.5) is 0 Å². The Kier molecular flexibility index (Phi) is 2.90. The number of hydrogen-bond acceptors (Lipinski definition) is 1. The molecule has 2 fully saturated rings. The molecule has 1 spiro atoms. The Morgan fingerprint density at radius 2 is 1.77 bits per heavy atom. The fourth-order valence-corrected chi connectivity index (χ4v) is 3.37. The molecule has 0 N–H and O–H groups in total. The molecule has 0 aromatic heterocycles. The third-order valence-electron chi connectivity index (χ3n) is 4.10. The quantitative estimate of drug-likeness (QED) is 0.528. The molecule has 1 saturated carbocycles.